The van der Waals surface area contributed by atoms with Gasteiger partial charge in [-0.05, 0) is 60.0 Å². The van der Waals surface area contributed by atoms with E-state index in [0.717, 1.165) is 10.2 Å². The van der Waals surface area contributed by atoms with E-state index in [4.69, 9.17) is 5.73 Å². The first-order valence-electron chi connectivity index (χ1n) is 5.99. The number of thiophene rings is 1. The van der Waals surface area contributed by atoms with Crippen molar-refractivity contribution in [2.24, 2.45) is 5.73 Å². The summed E-state index contributed by atoms with van der Waals surface area (Å²) in [6, 6.07) is 10.7. The maximum Gasteiger partial charge on any atom is 0.0701 e. The fourth-order valence-corrected chi connectivity index (χ4v) is 3.91. The molecule has 1 aromatic carbocycles. The topological polar surface area (TPSA) is 26.0 Å². The SMILES string of the molecule is Cc1ccc(C)c(C(C)(N)Cc2ccc(Br)s2)c1. The highest BCUT2D eigenvalue weighted by atomic mass is 79.9. The van der Waals surface area contributed by atoms with Crippen molar-refractivity contribution in [1.82, 2.24) is 0 Å². The standard InChI is InChI=1S/C15H18BrNS/c1-10-4-5-11(2)13(8-10)15(3,17)9-12-6-7-14(16)18-12/h4-8H,9,17H2,1-3H3. The van der Waals surface area contributed by atoms with Gasteiger partial charge >= 0.3 is 0 Å². The summed E-state index contributed by atoms with van der Waals surface area (Å²) in [6.45, 7) is 6.35. The van der Waals surface area contributed by atoms with Crippen LogP contribution in [0, 0.1) is 13.8 Å². The fraction of sp³-hybridized carbons (Fsp3) is 0.333. The van der Waals surface area contributed by atoms with Crippen LogP contribution in [0.5, 0.6) is 0 Å². The molecule has 0 aliphatic heterocycles. The Bertz CT molecular complexity index is 557. The zero-order valence-electron chi connectivity index (χ0n) is 11.0. The lowest BCUT2D eigenvalue weighted by molar-refractivity contribution is 0.492. The second-order valence-electron chi connectivity index (χ2n) is 5.12. The van der Waals surface area contributed by atoms with Gasteiger partial charge in [-0.3, -0.25) is 0 Å². The van der Waals surface area contributed by atoms with Crippen molar-refractivity contribution < 1.29 is 0 Å². The number of halogens is 1. The molecule has 1 nitrogen and oxygen atoms in total. The first kappa shape index (κ1) is 13.8. The van der Waals surface area contributed by atoms with Gasteiger partial charge in [0.25, 0.3) is 0 Å². The van der Waals surface area contributed by atoms with E-state index in [0.29, 0.717) is 0 Å². The molecule has 0 radical (unpaired) electrons. The summed E-state index contributed by atoms with van der Waals surface area (Å²) in [7, 11) is 0. The van der Waals surface area contributed by atoms with Gasteiger partial charge in [0.15, 0.2) is 0 Å². The third-order valence-electron chi connectivity index (χ3n) is 3.18. The Morgan fingerprint density at radius 1 is 1.22 bits per heavy atom. The predicted octanol–water partition coefficient (Wildman–Crippen LogP) is 4.54. The van der Waals surface area contributed by atoms with Crippen LogP contribution in [0.2, 0.25) is 0 Å². The molecule has 3 heteroatoms. The Balaban J connectivity index is 2.32. The number of aryl methyl sites for hydroxylation is 2. The third kappa shape index (κ3) is 3.02. The number of hydrogen-bond donors (Lipinski definition) is 1. The molecule has 2 N–H and O–H groups in total. The maximum absolute atomic E-state index is 6.54. The molecule has 2 aromatic rings. The molecule has 1 unspecified atom stereocenters. The molecule has 0 spiro atoms. The van der Waals surface area contributed by atoms with Gasteiger partial charge in [0.1, 0.15) is 0 Å². The highest BCUT2D eigenvalue weighted by Crippen LogP contribution is 2.30. The van der Waals surface area contributed by atoms with Crippen LogP contribution in [-0.2, 0) is 12.0 Å². The minimum Gasteiger partial charge on any atom is -0.321 e. The first-order chi connectivity index (χ1) is 8.38. The van der Waals surface area contributed by atoms with Crippen LogP contribution in [0.1, 0.15) is 28.5 Å². The normalized spacial score (nSPS) is 14.5. The average molecular weight is 324 g/mol. The summed E-state index contributed by atoms with van der Waals surface area (Å²) in [5, 5.41) is 0. The van der Waals surface area contributed by atoms with Crippen molar-refractivity contribution in [2.75, 3.05) is 0 Å². The van der Waals surface area contributed by atoms with Gasteiger partial charge in [0, 0.05) is 16.8 Å². The Hall–Kier alpha value is -0.640. The maximum atomic E-state index is 6.54. The van der Waals surface area contributed by atoms with Crippen molar-refractivity contribution >= 4 is 27.3 Å². The van der Waals surface area contributed by atoms with Crippen LogP contribution in [-0.4, -0.2) is 0 Å². The summed E-state index contributed by atoms with van der Waals surface area (Å²) in [4.78, 5) is 1.31. The molecule has 1 atom stereocenters. The minimum atomic E-state index is -0.319. The molecular weight excluding hydrogens is 306 g/mol. The van der Waals surface area contributed by atoms with Crippen molar-refractivity contribution in [2.45, 2.75) is 32.7 Å². The van der Waals surface area contributed by atoms with Gasteiger partial charge in [-0.1, -0.05) is 23.8 Å². The van der Waals surface area contributed by atoms with Gasteiger partial charge in [0.2, 0.25) is 0 Å². The van der Waals surface area contributed by atoms with E-state index in [2.05, 4.69) is 67.0 Å². The molecule has 18 heavy (non-hydrogen) atoms. The van der Waals surface area contributed by atoms with Crippen molar-refractivity contribution in [3.8, 4) is 0 Å². The van der Waals surface area contributed by atoms with Crippen LogP contribution in [0.3, 0.4) is 0 Å². The monoisotopic (exact) mass is 323 g/mol. The molecule has 0 saturated heterocycles. The first-order valence-corrected chi connectivity index (χ1v) is 7.60. The summed E-state index contributed by atoms with van der Waals surface area (Å²) in [6.07, 6.45) is 0.869. The van der Waals surface area contributed by atoms with Gasteiger partial charge < -0.3 is 5.73 Å². The molecule has 1 aromatic heterocycles. The average Bonchev–Trinajstić information content (AvgIpc) is 2.66. The molecule has 0 aliphatic carbocycles. The number of hydrogen-bond acceptors (Lipinski definition) is 2. The molecule has 0 aliphatic rings. The van der Waals surface area contributed by atoms with E-state index in [9.17, 15) is 0 Å². The molecule has 0 saturated carbocycles. The van der Waals surface area contributed by atoms with Crippen LogP contribution < -0.4 is 5.73 Å². The van der Waals surface area contributed by atoms with Crippen molar-refractivity contribution in [1.29, 1.82) is 0 Å². The summed E-state index contributed by atoms with van der Waals surface area (Å²) >= 11 is 5.26. The number of rotatable bonds is 3. The van der Waals surface area contributed by atoms with Gasteiger partial charge in [-0.2, -0.15) is 0 Å². The van der Waals surface area contributed by atoms with E-state index in [1.165, 1.54) is 21.6 Å². The predicted molar refractivity (Wildman–Crippen MR) is 83.2 cm³/mol. The Labute approximate surface area is 121 Å². The highest BCUT2D eigenvalue weighted by molar-refractivity contribution is 9.11. The smallest absolute Gasteiger partial charge is 0.0701 e. The lowest BCUT2D eigenvalue weighted by Crippen LogP contribution is -2.36. The molecule has 0 fully saturated rings. The molecule has 1 heterocycles. The zero-order chi connectivity index (χ0) is 13.3. The Morgan fingerprint density at radius 3 is 2.56 bits per heavy atom. The van der Waals surface area contributed by atoms with Gasteiger partial charge in [-0.15, -0.1) is 11.3 Å². The van der Waals surface area contributed by atoms with Crippen LogP contribution in [0.15, 0.2) is 34.1 Å². The Morgan fingerprint density at radius 2 is 1.94 bits per heavy atom. The van der Waals surface area contributed by atoms with E-state index < -0.39 is 0 Å². The molecule has 2 rings (SSSR count). The van der Waals surface area contributed by atoms with Crippen molar-refractivity contribution in [3.63, 3.8) is 0 Å². The molecule has 96 valence electrons. The van der Waals surface area contributed by atoms with E-state index in [1.807, 2.05) is 0 Å². The zero-order valence-corrected chi connectivity index (χ0v) is 13.4. The highest BCUT2D eigenvalue weighted by Gasteiger charge is 2.24. The van der Waals surface area contributed by atoms with Gasteiger partial charge in [0.05, 0.1) is 3.79 Å². The summed E-state index contributed by atoms with van der Waals surface area (Å²) < 4.78 is 1.16. The lowest BCUT2D eigenvalue weighted by atomic mass is 9.85. The van der Waals surface area contributed by atoms with E-state index in [-0.39, 0.29) is 5.54 Å². The quantitative estimate of drug-likeness (QED) is 0.881. The van der Waals surface area contributed by atoms with Crippen LogP contribution in [0.25, 0.3) is 0 Å². The molecule has 0 amide bonds. The lowest BCUT2D eigenvalue weighted by Gasteiger charge is -2.27. The van der Waals surface area contributed by atoms with Crippen LogP contribution in [0.4, 0.5) is 0 Å². The third-order valence-corrected chi connectivity index (χ3v) is 4.80. The second-order valence-corrected chi connectivity index (χ2v) is 7.67. The van der Waals surface area contributed by atoms with Crippen molar-refractivity contribution in [3.05, 3.63) is 55.7 Å². The second kappa shape index (κ2) is 5.16. The molecular formula is C15H18BrNS. The number of nitrogens with two attached hydrogens (primary N) is 1. The summed E-state index contributed by atoms with van der Waals surface area (Å²) in [5.74, 6) is 0. The largest absolute Gasteiger partial charge is 0.321 e. The number of benzene rings is 1. The van der Waals surface area contributed by atoms with E-state index in [1.54, 1.807) is 11.3 Å². The Kier molecular flexibility index (Phi) is 3.95. The minimum absolute atomic E-state index is 0.319. The van der Waals surface area contributed by atoms with E-state index >= 15 is 0 Å². The summed E-state index contributed by atoms with van der Waals surface area (Å²) in [5.41, 5.74) is 9.99. The van der Waals surface area contributed by atoms with Crippen LogP contribution >= 0.6 is 27.3 Å². The molecule has 0 bridgehead atoms. The van der Waals surface area contributed by atoms with Gasteiger partial charge in [-0.25, -0.2) is 0 Å². The fourth-order valence-electron chi connectivity index (χ4n) is 2.26.